The van der Waals surface area contributed by atoms with Gasteiger partial charge in [-0.15, -0.1) is 0 Å². The van der Waals surface area contributed by atoms with E-state index >= 15 is 0 Å². The number of ether oxygens (including phenoxy) is 3. The molecule has 1 aromatic rings. The highest BCUT2D eigenvalue weighted by atomic mass is 16.5. The molecule has 18 heavy (non-hydrogen) atoms. The highest BCUT2D eigenvalue weighted by molar-refractivity contribution is 5.50. The molecule has 1 rings (SSSR count). The molecule has 0 saturated carbocycles. The Kier molecular flexibility index (Phi) is 6.98. The monoisotopic (exact) mass is 256 g/mol. The quantitative estimate of drug-likeness (QED) is 0.612. The molecule has 5 nitrogen and oxygen atoms in total. The number of hydrogen-bond acceptors (Lipinski definition) is 4. The van der Waals surface area contributed by atoms with Gasteiger partial charge >= 0.3 is 0 Å². The molecule has 0 saturated heterocycles. The van der Waals surface area contributed by atoms with Crippen LogP contribution in [-0.4, -0.2) is 45.6 Å². The fourth-order valence-corrected chi connectivity index (χ4v) is 1.60. The molecule has 0 unspecified atom stereocenters. The van der Waals surface area contributed by atoms with Crippen molar-refractivity contribution < 1.29 is 24.6 Å². The van der Waals surface area contributed by atoms with Crippen LogP contribution >= 0.6 is 0 Å². The van der Waals surface area contributed by atoms with Crippen molar-refractivity contribution in [2.24, 2.45) is 0 Å². The van der Waals surface area contributed by atoms with Crippen LogP contribution in [0.15, 0.2) is 18.2 Å². The normalized spacial score (nSPS) is 10.2. The molecule has 0 aliphatic rings. The average molecular weight is 256 g/mol. The van der Waals surface area contributed by atoms with Gasteiger partial charge in [-0.1, -0.05) is 6.07 Å². The molecule has 1 aromatic carbocycles. The second kappa shape index (κ2) is 8.60. The number of para-hydroxylation sites is 1. The molecule has 5 heteroatoms. The van der Waals surface area contributed by atoms with Crippen LogP contribution in [-0.2, 0) is 0 Å². The van der Waals surface area contributed by atoms with Crippen LogP contribution in [0.4, 0.5) is 0 Å². The van der Waals surface area contributed by atoms with Crippen molar-refractivity contribution in [1.82, 2.24) is 0 Å². The lowest BCUT2D eigenvalue weighted by atomic mass is 10.3. The third-order valence-electron chi connectivity index (χ3n) is 2.51. The maximum Gasteiger partial charge on any atom is 0.203 e. The van der Waals surface area contributed by atoms with Gasteiger partial charge in [-0.2, -0.15) is 0 Å². The summed E-state index contributed by atoms with van der Waals surface area (Å²) in [5, 5.41) is 10.7. The van der Waals surface area contributed by atoms with Crippen LogP contribution < -0.4 is 19.5 Å². The van der Waals surface area contributed by atoms with Crippen LogP contribution in [0.5, 0.6) is 17.2 Å². The molecule has 0 amide bonds. The lowest BCUT2D eigenvalue weighted by molar-refractivity contribution is -0.656. The van der Waals surface area contributed by atoms with Gasteiger partial charge in [-0.3, -0.25) is 0 Å². The molecule has 0 heterocycles. The Morgan fingerprint density at radius 3 is 2.33 bits per heavy atom. The molecule has 0 radical (unpaired) electrons. The van der Waals surface area contributed by atoms with E-state index in [0.717, 1.165) is 19.5 Å². The first kappa shape index (κ1) is 14.6. The molecule has 102 valence electrons. The Morgan fingerprint density at radius 2 is 1.78 bits per heavy atom. The average Bonchev–Trinajstić information content (AvgIpc) is 2.42. The van der Waals surface area contributed by atoms with Gasteiger partial charge in [0.2, 0.25) is 5.75 Å². The molecule has 0 aromatic heterocycles. The molecule has 0 atom stereocenters. The van der Waals surface area contributed by atoms with Gasteiger partial charge < -0.3 is 24.6 Å². The Balaban J connectivity index is 2.45. The zero-order valence-electron chi connectivity index (χ0n) is 11.0. The molecular formula is C13H22NO4+. The fraction of sp³-hybridized carbons (Fsp3) is 0.538. The van der Waals surface area contributed by atoms with E-state index < -0.39 is 0 Å². The van der Waals surface area contributed by atoms with Crippen molar-refractivity contribution in [3.63, 3.8) is 0 Å². The number of benzene rings is 1. The first-order valence-electron chi connectivity index (χ1n) is 6.09. The molecule has 0 aliphatic heterocycles. The van der Waals surface area contributed by atoms with E-state index in [9.17, 15) is 0 Å². The lowest BCUT2D eigenvalue weighted by Crippen LogP contribution is -2.85. The van der Waals surface area contributed by atoms with Gasteiger partial charge in [0.25, 0.3) is 0 Å². The van der Waals surface area contributed by atoms with E-state index in [1.165, 1.54) is 0 Å². The predicted octanol–water partition coefficient (Wildman–Crippen LogP) is 0.0284. The van der Waals surface area contributed by atoms with Gasteiger partial charge in [0.05, 0.1) is 40.5 Å². The van der Waals surface area contributed by atoms with Crippen molar-refractivity contribution in [3.8, 4) is 17.2 Å². The van der Waals surface area contributed by atoms with Crippen molar-refractivity contribution in [3.05, 3.63) is 18.2 Å². The third-order valence-corrected chi connectivity index (χ3v) is 2.51. The minimum atomic E-state index is 0.210. The zero-order valence-corrected chi connectivity index (χ0v) is 11.0. The van der Waals surface area contributed by atoms with E-state index in [0.29, 0.717) is 23.9 Å². The SMILES string of the molecule is COc1cccc(OC)c1OCCC[NH2+]CCO. The highest BCUT2D eigenvalue weighted by Gasteiger charge is 2.10. The van der Waals surface area contributed by atoms with Gasteiger partial charge in [0.15, 0.2) is 11.5 Å². The number of aliphatic hydroxyl groups is 1. The summed E-state index contributed by atoms with van der Waals surface area (Å²) in [5.74, 6) is 1.99. The van der Waals surface area contributed by atoms with E-state index in [4.69, 9.17) is 19.3 Å². The smallest absolute Gasteiger partial charge is 0.203 e. The summed E-state index contributed by atoms with van der Waals surface area (Å²) in [6.45, 7) is 2.47. The number of rotatable bonds is 9. The summed E-state index contributed by atoms with van der Waals surface area (Å²) in [7, 11) is 3.22. The molecular weight excluding hydrogens is 234 g/mol. The number of quaternary nitrogens is 1. The Morgan fingerprint density at radius 1 is 1.11 bits per heavy atom. The zero-order chi connectivity index (χ0) is 13.2. The summed E-state index contributed by atoms with van der Waals surface area (Å²) in [5.41, 5.74) is 0. The van der Waals surface area contributed by atoms with Crippen LogP contribution in [0.2, 0.25) is 0 Å². The standard InChI is InChI=1S/C13H21NO4/c1-16-11-5-3-6-12(17-2)13(11)18-10-4-7-14-8-9-15/h3,5-6,14-15H,4,7-10H2,1-2H3/p+1. The van der Waals surface area contributed by atoms with Gasteiger partial charge in [-0.25, -0.2) is 0 Å². The van der Waals surface area contributed by atoms with E-state index in [1.54, 1.807) is 14.2 Å². The largest absolute Gasteiger partial charge is 0.493 e. The number of aliphatic hydroxyl groups excluding tert-OH is 1. The summed E-state index contributed by atoms with van der Waals surface area (Å²) in [4.78, 5) is 0. The lowest BCUT2D eigenvalue weighted by Gasteiger charge is -2.13. The number of nitrogens with two attached hydrogens (primary N) is 1. The Bertz CT molecular complexity index is 322. The van der Waals surface area contributed by atoms with E-state index in [2.05, 4.69) is 5.32 Å². The maximum atomic E-state index is 8.64. The van der Waals surface area contributed by atoms with Gasteiger partial charge in [-0.05, 0) is 12.1 Å². The van der Waals surface area contributed by atoms with Crippen LogP contribution in [0.1, 0.15) is 6.42 Å². The molecule has 0 fully saturated rings. The highest BCUT2D eigenvalue weighted by Crippen LogP contribution is 2.36. The number of methoxy groups -OCH3 is 2. The van der Waals surface area contributed by atoms with Crippen LogP contribution in [0, 0.1) is 0 Å². The molecule has 0 aliphatic carbocycles. The Labute approximate surface area is 108 Å². The van der Waals surface area contributed by atoms with E-state index in [1.807, 2.05) is 18.2 Å². The van der Waals surface area contributed by atoms with Gasteiger partial charge in [0.1, 0.15) is 0 Å². The molecule has 0 bridgehead atoms. The molecule has 3 N–H and O–H groups in total. The summed E-state index contributed by atoms with van der Waals surface area (Å²) >= 11 is 0. The number of hydrogen-bond donors (Lipinski definition) is 2. The summed E-state index contributed by atoms with van der Waals surface area (Å²) < 4.78 is 16.2. The second-order valence-electron chi connectivity index (χ2n) is 3.78. The first-order chi connectivity index (χ1) is 8.83. The fourth-order valence-electron chi connectivity index (χ4n) is 1.60. The van der Waals surface area contributed by atoms with Gasteiger partial charge in [0, 0.05) is 6.42 Å². The summed E-state index contributed by atoms with van der Waals surface area (Å²) in [6.07, 6.45) is 0.904. The third kappa shape index (κ3) is 4.43. The van der Waals surface area contributed by atoms with Crippen molar-refractivity contribution in [2.75, 3.05) is 40.5 Å². The summed E-state index contributed by atoms with van der Waals surface area (Å²) in [6, 6.07) is 5.55. The maximum absolute atomic E-state index is 8.64. The van der Waals surface area contributed by atoms with Crippen LogP contribution in [0.25, 0.3) is 0 Å². The van der Waals surface area contributed by atoms with Crippen molar-refractivity contribution in [1.29, 1.82) is 0 Å². The van der Waals surface area contributed by atoms with Crippen LogP contribution in [0.3, 0.4) is 0 Å². The second-order valence-corrected chi connectivity index (χ2v) is 3.78. The predicted molar refractivity (Wildman–Crippen MR) is 68.4 cm³/mol. The van der Waals surface area contributed by atoms with E-state index in [-0.39, 0.29) is 6.61 Å². The minimum absolute atomic E-state index is 0.210. The molecule has 0 spiro atoms. The Hall–Kier alpha value is -1.46. The van der Waals surface area contributed by atoms with Crippen molar-refractivity contribution in [2.45, 2.75) is 6.42 Å². The van der Waals surface area contributed by atoms with Crippen molar-refractivity contribution >= 4 is 0 Å². The topological polar surface area (TPSA) is 64.5 Å². The minimum Gasteiger partial charge on any atom is -0.493 e. The first-order valence-corrected chi connectivity index (χ1v) is 6.09.